The number of nitrogens with zero attached hydrogens (tertiary/aromatic N) is 6. The van der Waals surface area contributed by atoms with Gasteiger partial charge in [0, 0.05) is 7.05 Å². The fourth-order valence-corrected chi connectivity index (χ4v) is 4.22. The molecule has 0 aliphatic heterocycles. The molecule has 1 atom stereocenters. The number of ether oxygens (including phenoxy) is 1. The SMILES string of the molecule is COc1ccc(Cn2nnnc2SC(C)C(=O)Nc2c(C)n(C)n(-c3ccccc3)c2=O)cc1. The van der Waals surface area contributed by atoms with Crippen LogP contribution in [0.3, 0.4) is 0 Å². The second kappa shape index (κ2) is 9.96. The number of aromatic nitrogens is 6. The highest BCUT2D eigenvalue weighted by Gasteiger charge is 2.23. The number of rotatable bonds is 8. The van der Waals surface area contributed by atoms with Gasteiger partial charge in [0.15, 0.2) is 0 Å². The van der Waals surface area contributed by atoms with Crippen molar-refractivity contribution >= 4 is 23.4 Å². The number of carbonyl (C=O) groups is 1. The zero-order chi connectivity index (χ0) is 24.2. The monoisotopic (exact) mass is 479 g/mol. The molecule has 2 aromatic heterocycles. The zero-order valence-corrected chi connectivity index (χ0v) is 20.1. The molecule has 0 saturated carbocycles. The molecule has 1 unspecified atom stereocenters. The van der Waals surface area contributed by atoms with Gasteiger partial charge in [-0.15, -0.1) is 5.10 Å². The molecule has 2 aromatic carbocycles. The molecule has 176 valence electrons. The Labute approximate surface area is 200 Å². The predicted molar refractivity (Wildman–Crippen MR) is 130 cm³/mol. The molecule has 1 amide bonds. The van der Waals surface area contributed by atoms with Crippen LogP contribution in [0.25, 0.3) is 5.69 Å². The van der Waals surface area contributed by atoms with Gasteiger partial charge in [-0.1, -0.05) is 42.1 Å². The highest BCUT2D eigenvalue weighted by Crippen LogP contribution is 2.23. The number of nitrogens with one attached hydrogen (secondary N) is 1. The van der Waals surface area contributed by atoms with Crippen LogP contribution >= 0.6 is 11.8 Å². The number of thioether (sulfide) groups is 1. The second-order valence-electron chi connectivity index (χ2n) is 7.65. The summed E-state index contributed by atoms with van der Waals surface area (Å²) in [5, 5.41) is 14.6. The molecule has 0 spiro atoms. The van der Waals surface area contributed by atoms with E-state index in [4.69, 9.17) is 4.74 Å². The van der Waals surface area contributed by atoms with E-state index in [1.807, 2.05) is 54.6 Å². The van der Waals surface area contributed by atoms with Crippen LogP contribution in [-0.2, 0) is 18.4 Å². The fourth-order valence-electron chi connectivity index (χ4n) is 3.43. The maximum absolute atomic E-state index is 13.1. The molecule has 10 nitrogen and oxygen atoms in total. The number of benzene rings is 2. The van der Waals surface area contributed by atoms with Crippen molar-refractivity contribution in [3.8, 4) is 11.4 Å². The summed E-state index contributed by atoms with van der Waals surface area (Å²) in [6.45, 7) is 4.00. The third-order valence-electron chi connectivity index (χ3n) is 5.44. The van der Waals surface area contributed by atoms with E-state index >= 15 is 0 Å². The second-order valence-corrected chi connectivity index (χ2v) is 8.96. The molecule has 34 heavy (non-hydrogen) atoms. The molecule has 0 saturated heterocycles. The summed E-state index contributed by atoms with van der Waals surface area (Å²) in [5.74, 6) is 0.456. The number of hydrogen-bond donors (Lipinski definition) is 1. The van der Waals surface area contributed by atoms with Gasteiger partial charge in [0.1, 0.15) is 11.4 Å². The lowest BCUT2D eigenvalue weighted by atomic mass is 10.2. The van der Waals surface area contributed by atoms with Crippen LogP contribution < -0.4 is 15.6 Å². The zero-order valence-electron chi connectivity index (χ0n) is 19.3. The maximum Gasteiger partial charge on any atom is 0.295 e. The van der Waals surface area contributed by atoms with Crippen LogP contribution in [0.2, 0.25) is 0 Å². The van der Waals surface area contributed by atoms with Crippen molar-refractivity contribution in [2.45, 2.75) is 30.8 Å². The Hall–Kier alpha value is -3.86. The molecule has 4 aromatic rings. The van der Waals surface area contributed by atoms with E-state index in [1.54, 1.807) is 37.4 Å². The summed E-state index contributed by atoms with van der Waals surface area (Å²) >= 11 is 1.22. The van der Waals surface area contributed by atoms with Crippen molar-refractivity contribution in [1.29, 1.82) is 0 Å². The predicted octanol–water partition coefficient (Wildman–Crippen LogP) is 2.65. The summed E-state index contributed by atoms with van der Waals surface area (Å²) in [4.78, 5) is 26.0. The van der Waals surface area contributed by atoms with Crippen molar-refractivity contribution in [2.24, 2.45) is 7.05 Å². The summed E-state index contributed by atoms with van der Waals surface area (Å²) < 4.78 is 10.1. The Bertz CT molecular complexity index is 1340. The average Bonchev–Trinajstić information content (AvgIpc) is 3.37. The third-order valence-corrected chi connectivity index (χ3v) is 6.52. The van der Waals surface area contributed by atoms with E-state index < -0.39 is 5.25 Å². The van der Waals surface area contributed by atoms with Crippen molar-refractivity contribution in [2.75, 3.05) is 12.4 Å². The third kappa shape index (κ3) is 4.74. The van der Waals surface area contributed by atoms with Gasteiger partial charge >= 0.3 is 0 Å². The number of hydrogen-bond acceptors (Lipinski definition) is 7. The largest absolute Gasteiger partial charge is 0.497 e. The number of para-hydroxylation sites is 1. The normalized spacial score (nSPS) is 11.9. The van der Waals surface area contributed by atoms with Crippen molar-refractivity contribution in [3.05, 3.63) is 76.2 Å². The first-order valence-electron chi connectivity index (χ1n) is 10.6. The fraction of sp³-hybridized carbons (Fsp3) is 0.261. The topological polar surface area (TPSA) is 109 Å². The van der Waals surface area contributed by atoms with E-state index in [0.29, 0.717) is 17.4 Å². The number of carbonyl (C=O) groups excluding carboxylic acids is 1. The molecule has 1 N–H and O–H groups in total. The first-order valence-corrected chi connectivity index (χ1v) is 11.5. The maximum atomic E-state index is 13.1. The number of amides is 1. The van der Waals surface area contributed by atoms with E-state index in [1.165, 1.54) is 16.4 Å². The van der Waals surface area contributed by atoms with E-state index in [9.17, 15) is 9.59 Å². The summed E-state index contributed by atoms with van der Waals surface area (Å²) in [6.07, 6.45) is 0. The lowest BCUT2D eigenvalue weighted by Crippen LogP contribution is -2.27. The van der Waals surface area contributed by atoms with Crippen LogP contribution in [0.5, 0.6) is 5.75 Å². The Morgan fingerprint density at radius 2 is 1.85 bits per heavy atom. The van der Waals surface area contributed by atoms with Crippen LogP contribution in [-0.4, -0.2) is 47.8 Å². The number of anilines is 1. The molecule has 0 fully saturated rings. The van der Waals surface area contributed by atoms with Gasteiger partial charge in [-0.05, 0) is 54.1 Å². The molecule has 0 aliphatic rings. The van der Waals surface area contributed by atoms with Gasteiger partial charge in [-0.25, -0.2) is 9.36 Å². The van der Waals surface area contributed by atoms with Crippen molar-refractivity contribution in [3.63, 3.8) is 0 Å². The minimum Gasteiger partial charge on any atom is -0.497 e. The highest BCUT2D eigenvalue weighted by atomic mass is 32.2. The smallest absolute Gasteiger partial charge is 0.295 e. The first-order chi connectivity index (χ1) is 16.4. The molecule has 2 heterocycles. The molecule has 11 heteroatoms. The van der Waals surface area contributed by atoms with Crippen molar-refractivity contribution in [1.82, 2.24) is 29.6 Å². The van der Waals surface area contributed by atoms with Crippen LogP contribution in [0.15, 0.2) is 64.5 Å². The molecule has 4 rings (SSSR count). The van der Waals surface area contributed by atoms with Gasteiger partial charge in [0.05, 0.1) is 30.3 Å². The van der Waals surface area contributed by atoms with Gasteiger partial charge in [0.25, 0.3) is 5.56 Å². The Balaban J connectivity index is 1.48. The summed E-state index contributed by atoms with van der Waals surface area (Å²) in [5.41, 5.74) is 2.33. The van der Waals surface area contributed by atoms with Gasteiger partial charge in [-0.2, -0.15) is 0 Å². The van der Waals surface area contributed by atoms with E-state index in [2.05, 4.69) is 20.8 Å². The van der Waals surface area contributed by atoms with E-state index in [-0.39, 0.29) is 17.2 Å². The standard InChI is InChI=1S/C23H25N7O3S/c1-15-20(22(32)30(28(15)3)18-8-6-5-7-9-18)24-21(31)16(2)34-23-25-26-27-29(23)14-17-10-12-19(33-4)13-11-17/h5-13,16H,14H2,1-4H3,(H,24,31). The lowest BCUT2D eigenvalue weighted by Gasteiger charge is -2.11. The molecular formula is C23H25N7O3S. The quantitative estimate of drug-likeness (QED) is 0.387. The Morgan fingerprint density at radius 3 is 2.53 bits per heavy atom. The Morgan fingerprint density at radius 1 is 1.15 bits per heavy atom. The van der Waals surface area contributed by atoms with Gasteiger partial charge < -0.3 is 10.1 Å². The Kier molecular flexibility index (Phi) is 6.82. The number of tetrazole rings is 1. The van der Waals surface area contributed by atoms with Crippen molar-refractivity contribution < 1.29 is 9.53 Å². The minimum atomic E-state index is -0.537. The van der Waals surface area contributed by atoms with Crippen LogP contribution in [0.4, 0.5) is 5.69 Å². The average molecular weight is 480 g/mol. The minimum absolute atomic E-state index is 0.252. The summed E-state index contributed by atoms with van der Waals surface area (Å²) in [7, 11) is 3.40. The first kappa shape index (κ1) is 23.3. The highest BCUT2D eigenvalue weighted by molar-refractivity contribution is 8.00. The van der Waals surface area contributed by atoms with Gasteiger partial charge in [0.2, 0.25) is 11.1 Å². The lowest BCUT2D eigenvalue weighted by molar-refractivity contribution is -0.115. The van der Waals surface area contributed by atoms with Gasteiger partial charge in [-0.3, -0.25) is 14.3 Å². The molecular weight excluding hydrogens is 454 g/mol. The van der Waals surface area contributed by atoms with Crippen LogP contribution in [0.1, 0.15) is 18.2 Å². The molecule has 0 aliphatic carbocycles. The summed E-state index contributed by atoms with van der Waals surface area (Å²) in [6, 6.07) is 16.9. The number of methoxy groups -OCH3 is 1. The molecule has 0 bridgehead atoms. The van der Waals surface area contributed by atoms with Crippen LogP contribution in [0, 0.1) is 6.92 Å². The van der Waals surface area contributed by atoms with E-state index in [0.717, 1.165) is 17.0 Å². The molecule has 0 radical (unpaired) electrons.